The Morgan fingerprint density at radius 3 is 2.47 bits per heavy atom. The summed E-state index contributed by atoms with van der Waals surface area (Å²) >= 11 is 1.75. The molecule has 2 aromatic rings. The number of aryl methyl sites for hydroxylation is 1. The molecule has 3 nitrogen and oxygen atoms in total. The normalized spacial score (nSPS) is 12.2. The van der Waals surface area contributed by atoms with Gasteiger partial charge in [0.15, 0.2) is 11.5 Å². The van der Waals surface area contributed by atoms with Crippen molar-refractivity contribution in [2.45, 2.75) is 13.0 Å². The van der Waals surface area contributed by atoms with Crippen molar-refractivity contribution in [1.29, 1.82) is 0 Å². The Morgan fingerprint density at radius 2 is 1.95 bits per heavy atom. The largest absolute Gasteiger partial charge is 0.493 e. The molecule has 0 bridgehead atoms. The van der Waals surface area contributed by atoms with Gasteiger partial charge in [-0.25, -0.2) is 0 Å². The van der Waals surface area contributed by atoms with E-state index in [-0.39, 0.29) is 6.04 Å². The lowest BCUT2D eigenvalue weighted by Crippen LogP contribution is -2.18. The van der Waals surface area contributed by atoms with E-state index in [0.29, 0.717) is 0 Å². The second kappa shape index (κ2) is 6.08. The maximum absolute atomic E-state index is 5.53. The monoisotopic (exact) mass is 277 g/mol. The van der Waals surface area contributed by atoms with Gasteiger partial charge in [-0.2, -0.15) is 0 Å². The van der Waals surface area contributed by atoms with Gasteiger partial charge in [0.2, 0.25) is 0 Å². The lowest BCUT2D eigenvalue weighted by molar-refractivity contribution is 0.349. The van der Waals surface area contributed by atoms with Gasteiger partial charge in [-0.1, -0.05) is 12.1 Å². The van der Waals surface area contributed by atoms with Crippen molar-refractivity contribution in [1.82, 2.24) is 5.32 Å². The molecule has 1 heterocycles. The molecule has 0 fully saturated rings. The Kier molecular flexibility index (Phi) is 4.45. The molecular weight excluding hydrogens is 258 g/mol. The molecule has 1 N–H and O–H groups in total. The first-order chi connectivity index (χ1) is 9.22. The van der Waals surface area contributed by atoms with Crippen LogP contribution in [0.1, 0.15) is 22.0 Å². The number of thiophene rings is 1. The minimum atomic E-state index is 0.116. The molecule has 0 radical (unpaired) electrons. The Balaban J connectivity index is 2.53. The lowest BCUT2D eigenvalue weighted by atomic mass is 10.0. The maximum atomic E-state index is 5.53. The van der Waals surface area contributed by atoms with Gasteiger partial charge in [-0.05, 0) is 37.0 Å². The second-order valence-electron chi connectivity index (χ2n) is 4.27. The van der Waals surface area contributed by atoms with Crippen molar-refractivity contribution in [3.05, 3.63) is 45.6 Å². The van der Waals surface area contributed by atoms with Gasteiger partial charge in [-0.3, -0.25) is 0 Å². The topological polar surface area (TPSA) is 30.5 Å². The van der Waals surface area contributed by atoms with Gasteiger partial charge in [0.05, 0.1) is 20.3 Å². The molecule has 19 heavy (non-hydrogen) atoms. The van der Waals surface area contributed by atoms with E-state index >= 15 is 0 Å². The van der Waals surface area contributed by atoms with Crippen LogP contribution in [0.4, 0.5) is 0 Å². The van der Waals surface area contributed by atoms with Crippen LogP contribution in [-0.2, 0) is 0 Å². The summed E-state index contributed by atoms with van der Waals surface area (Å²) in [6.45, 7) is 2.13. The molecule has 2 rings (SSSR count). The number of rotatable bonds is 5. The van der Waals surface area contributed by atoms with E-state index in [1.165, 1.54) is 10.4 Å². The number of benzene rings is 1. The van der Waals surface area contributed by atoms with Crippen LogP contribution in [0.5, 0.6) is 11.5 Å². The van der Waals surface area contributed by atoms with Gasteiger partial charge < -0.3 is 14.8 Å². The molecule has 1 unspecified atom stereocenters. The van der Waals surface area contributed by atoms with Crippen LogP contribution >= 0.6 is 11.3 Å². The van der Waals surface area contributed by atoms with Crippen molar-refractivity contribution in [2.75, 3.05) is 21.3 Å². The van der Waals surface area contributed by atoms with Crippen LogP contribution in [0, 0.1) is 6.92 Å². The van der Waals surface area contributed by atoms with E-state index in [0.717, 1.165) is 17.1 Å². The lowest BCUT2D eigenvalue weighted by Gasteiger charge is -2.20. The standard InChI is InChI=1S/C15H19NO2S/c1-10-8-9-19-15(10)13(16-2)11-6-5-7-12(17-3)14(11)18-4/h5-9,13,16H,1-4H3. The van der Waals surface area contributed by atoms with Crippen molar-refractivity contribution in [3.63, 3.8) is 0 Å². The molecule has 0 saturated carbocycles. The van der Waals surface area contributed by atoms with Gasteiger partial charge in [0, 0.05) is 10.4 Å². The maximum Gasteiger partial charge on any atom is 0.165 e. The van der Waals surface area contributed by atoms with Crippen LogP contribution in [0.25, 0.3) is 0 Å². The Hall–Kier alpha value is -1.52. The van der Waals surface area contributed by atoms with Crippen molar-refractivity contribution >= 4 is 11.3 Å². The van der Waals surface area contributed by atoms with E-state index in [4.69, 9.17) is 9.47 Å². The van der Waals surface area contributed by atoms with E-state index in [2.05, 4.69) is 29.8 Å². The third kappa shape index (κ3) is 2.60. The summed E-state index contributed by atoms with van der Waals surface area (Å²) in [7, 11) is 5.30. The minimum Gasteiger partial charge on any atom is -0.493 e. The number of nitrogens with one attached hydrogen (secondary N) is 1. The van der Waals surface area contributed by atoms with Crippen molar-refractivity contribution in [3.8, 4) is 11.5 Å². The molecule has 102 valence electrons. The molecule has 0 aliphatic heterocycles. The van der Waals surface area contributed by atoms with Gasteiger partial charge in [0.1, 0.15) is 0 Å². The molecule has 0 spiro atoms. The van der Waals surface area contributed by atoms with E-state index in [1.807, 2.05) is 19.2 Å². The van der Waals surface area contributed by atoms with Crippen LogP contribution in [0.15, 0.2) is 29.6 Å². The van der Waals surface area contributed by atoms with E-state index < -0.39 is 0 Å². The number of hydrogen-bond donors (Lipinski definition) is 1. The fraction of sp³-hybridized carbons (Fsp3) is 0.333. The Labute approximate surface area is 118 Å². The van der Waals surface area contributed by atoms with E-state index in [9.17, 15) is 0 Å². The molecule has 4 heteroatoms. The number of ether oxygens (including phenoxy) is 2. The summed E-state index contributed by atoms with van der Waals surface area (Å²) in [5, 5.41) is 5.48. The molecular formula is C15H19NO2S. The number of para-hydroxylation sites is 1. The first-order valence-electron chi connectivity index (χ1n) is 6.15. The number of methoxy groups -OCH3 is 2. The quantitative estimate of drug-likeness (QED) is 0.909. The molecule has 0 aliphatic rings. The first kappa shape index (κ1) is 13.9. The highest BCUT2D eigenvalue weighted by atomic mass is 32.1. The van der Waals surface area contributed by atoms with Crippen LogP contribution in [-0.4, -0.2) is 21.3 Å². The number of hydrogen-bond acceptors (Lipinski definition) is 4. The van der Waals surface area contributed by atoms with Crippen molar-refractivity contribution in [2.24, 2.45) is 0 Å². The van der Waals surface area contributed by atoms with Crippen LogP contribution < -0.4 is 14.8 Å². The zero-order chi connectivity index (χ0) is 13.8. The third-order valence-electron chi connectivity index (χ3n) is 3.20. The highest BCUT2D eigenvalue weighted by Crippen LogP contribution is 2.39. The predicted octanol–water partition coefficient (Wildman–Crippen LogP) is 3.38. The van der Waals surface area contributed by atoms with Crippen molar-refractivity contribution < 1.29 is 9.47 Å². The summed E-state index contributed by atoms with van der Waals surface area (Å²) in [6, 6.07) is 8.23. The molecule has 1 aromatic carbocycles. The third-order valence-corrected chi connectivity index (χ3v) is 4.28. The van der Waals surface area contributed by atoms with E-state index in [1.54, 1.807) is 25.6 Å². The second-order valence-corrected chi connectivity index (χ2v) is 5.22. The summed E-state index contributed by atoms with van der Waals surface area (Å²) in [5.74, 6) is 1.55. The molecule has 1 atom stereocenters. The summed E-state index contributed by atoms with van der Waals surface area (Å²) in [4.78, 5) is 1.30. The Morgan fingerprint density at radius 1 is 1.16 bits per heavy atom. The van der Waals surface area contributed by atoms with Gasteiger partial charge in [-0.15, -0.1) is 11.3 Å². The first-order valence-corrected chi connectivity index (χ1v) is 7.03. The summed E-state index contributed by atoms with van der Waals surface area (Å²) in [5.41, 5.74) is 2.38. The fourth-order valence-corrected chi connectivity index (χ4v) is 3.30. The van der Waals surface area contributed by atoms with Gasteiger partial charge >= 0.3 is 0 Å². The zero-order valence-electron chi connectivity index (χ0n) is 11.7. The Bertz CT molecular complexity index is 551. The zero-order valence-corrected chi connectivity index (χ0v) is 12.5. The SMILES string of the molecule is CNC(c1cccc(OC)c1OC)c1sccc1C. The van der Waals surface area contributed by atoms with Gasteiger partial charge in [0.25, 0.3) is 0 Å². The smallest absolute Gasteiger partial charge is 0.165 e. The molecule has 1 aromatic heterocycles. The molecule has 0 saturated heterocycles. The minimum absolute atomic E-state index is 0.116. The summed E-state index contributed by atoms with van der Waals surface area (Å²) in [6.07, 6.45) is 0. The highest BCUT2D eigenvalue weighted by Gasteiger charge is 2.21. The predicted molar refractivity (Wildman–Crippen MR) is 79.5 cm³/mol. The van der Waals surface area contributed by atoms with Crippen LogP contribution in [0.2, 0.25) is 0 Å². The average Bonchev–Trinajstić information content (AvgIpc) is 2.85. The summed E-state index contributed by atoms with van der Waals surface area (Å²) < 4.78 is 10.9. The fourth-order valence-electron chi connectivity index (χ4n) is 2.25. The molecule has 0 aliphatic carbocycles. The van der Waals surface area contributed by atoms with Crippen LogP contribution in [0.3, 0.4) is 0 Å². The molecule has 0 amide bonds. The average molecular weight is 277 g/mol. The highest BCUT2D eigenvalue weighted by molar-refractivity contribution is 7.10.